The average Bonchev–Trinajstić information content (AvgIpc) is 2.55. The summed E-state index contributed by atoms with van der Waals surface area (Å²) in [5.74, 6) is 8.94. The molecule has 136 valence electrons. The lowest BCUT2D eigenvalue weighted by Crippen LogP contribution is -2.69. The first kappa shape index (κ1) is 20.8. The summed E-state index contributed by atoms with van der Waals surface area (Å²) < 4.78 is 17.3. The van der Waals surface area contributed by atoms with E-state index in [4.69, 9.17) is 14.2 Å². The van der Waals surface area contributed by atoms with Crippen molar-refractivity contribution in [2.24, 2.45) is 11.8 Å². The third-order valence-corrected chi connectivity index (χ3v) is 4.80. The summed E-state index contributed by atoms with van der Waals surface area (Å²) in [6.45, 7) is 13.1. The molecule has 0 saturated heterocycles. The molecule has 4 nitrogen and oxygen atoms in total. The molecule has 1 aliphatic rings. The van der Waals surface area contributed by atoms with Gasteiger partial charge >= 0.3 is 0 Å². The van der Waals surface area contributed by atoms with Crippen molar-refractivity contribution >= 4 is 0 Å². The lowest BCUT2D eigenvalue weighted by atomic mass is 9.61. The van der Waals surface area contributed by atoms with E-state index in [9.17, 15) is 5.11 Å². The van der Waals surface area contributed by atoms with Crippen LogP contribution in [0.15, 0.2) is 0 Å². The SMILES string of the molecule is CC#CC1(O)C(OCC)C(C)CCC1(OCC)C(C)C#COCC. The maximum Gasteiger partial charge on any atom is 0.181 e. The monoisotopic (exact) mass is 336 g/mol. The van der Waals surface area contributed by atoms with Crippen molar-refractivity contribution < 1.29 is 19.3 Å². The molecule has 0 amide bonds. The third kappa shape index (κ3) is 3.89. The van der Waals surface area contributed by atoms with Crippen LogP contribution in [-0.2, 0) is 14.2 Å². The van der Waals surface area contributed by atoms with E-state index in [0.29, 0.717) is 26.2 Å². The van der Waals surface area contributed by atoms with Gasteiger partial charge in [-0.1, -0.05) is 18.8 Å². The molecule has 0 aliphatic heterocycles. The quantitative estimate of drug-likeness (QED) is 0.758. The Balaban J connectivity index is 3.41. The summed E-state index contributed by atoms with van der Waals surface area (Å²) in [6.07, 6.45) is 3.88. The Morgan fingerprint density at radius 1 is 1.21 bits per heavy atom. The molecular formula is C20H32O4. The van der Waals surface area contributed by atoms with Gasteiger partial charge in [0.05, 0.1) is 12.5 Å². The highest BCUT2D eigenvalue weighted by atomic mass is 16.5. The third-order valence-electron chi connectivity index (χ3n) is 4.80. The zero-order valence-electron chi connectivity index (χ0n) is 15.9. The van der Waals surface area contributed by atoms with E-state index in [2.05, 4.69) is 30.8 Å². The minimum Gasteiger partial charge on any atom is -0.447 e. The highest BCUT2D eigenvalue weighted by molar-refractivity contribution is 5.30. The number of aliphatic hydroxyl groups is 1. The van der Waals surface area contributed by atoms with Gasteiger partial charge in [0.1, 0.15) is 17.8 Å². The second-order valence-electron chi connectivity index (χ2n) is 6.26. The molecular weight excluding hydrogens is 304 g/mol. The number of rotatable bonds is 6. The predicted octanol–water partition coefficient (Wildman–Crippen LogP) is 2.98. The number of hydrogen-bond acceptors (Lipinski definition) is 4. The van der Waals surface area contributed by atoms with Crippen molar-refractivity contribution in [3.8, 4) is 23.9 Å². The molecule has 0 bridgehead atoms. The van der Waals surface area contributed by atoms with Crippen LogP contribution in [0, 0.1) is 35.7 Å². The summed E-state index contributed by atoms with van der Waals surface area (Å²) in [5, 5.41) is 11.7. The lowest BCUT2D eigenvalue weighted by molar-refractivity contribution is -0.249. The molecule has 1 fully saturated rings. The Bertz CT molecular complexity index is 509. The van der Waals surface area contributed by atoms with Crippen LogP contribution in [-0.4, -0.2) is 42.2 Å². The first-order chi connectivity index (χ1) is 11.4. The van der Waals surface area contributed by atoms with Crippen LogP contribution in [0.4, 0.5) is 0 Å². The van der Waals surface area contributed by atoms with Crippen LogP contribution in [0.3, 0.4) is 0 Å². The van der Waals surface area contributed by atoms with Gasteiger partial charge in [0.25, 0.3) is 0 Å². The fourth-order valence-corrected chi connectivity index (χ4v) is 3.70. The fourth-order valence-electron chi connectivity index (χ4n) is 3.70. The number of ether oxygens (including phenoxy) is 3. The van der Waals surface area contributed by atoms with Gasteiger partial charge < -0.3 is 19.3 Å². The highest BCUT2D eigenvalue weighted by Gasteiger charge is 2.62. The van der Waals surface area contributed by atoms with Gasteiger partial charge in [0, 0.05) is 13.2 Å². The average molecular weight is 336 g/mol. The van der Waals surface area contributed by atoms with Gasteiger partial charge in [0.2, 0.25) is 0 Å². The van der Waals surface area contributed by atoms with Crippen LogP contribution >= 0.6 is 0 Å². The fraction of sp³-hybridized carbons (Fsp3) is 0.800. The molecule has 0 aromatic heterocycles. The summed E-state index contributed by atoms with van der Waals surface area (Å²) >= 11 is 0. The summed E-state index contributed by atoms with van der Waals surface area (Å²) in [6, 6.07) is 0. The molecule has 5 unspecified atom stereocenters. The molecule has 0 radical (unpaired) electrons. The minimum absolute atomic E-state index is 0.191. The van der Waals surface area contributed by atoms with Crippen LogP contribution in [0.25, 0.3) is 0 Å². The zero-order valence-corrected chi connectivity index (χ0v) is 15.9. The maximum absolute atomic E-state index is 11.7. The first-order valence-corrected chi connectivity index (χ1v) is 8.97. The molecule has 1 rings (SSSR count). The van der Waals surface area contributed by atoms with E-state index in [1.165, 1.54) is 0 Å². The smallest absolute Gasteiger partial charge is 0.181 e. The van der Waals surface area contributed by atoms with Gasteiger partial charge in [-0.2, -0.15) is 0 Å². The van der Waals surface area contributed by atoms with E-state index < -0.39 is 17.3 Å². The van der Waals surface area contributed by atoms with E-state index in [-0.39, 0.29) is 11.8 Å². The van der Waals surface area contributed by atoms with Gasteiger partial charge in [-0.05, 0) is 53.4 Å². The van der Waals surface area contributed by atoms with Crippen molar-refractivity contribution in [2.45, 2.75) is 71.7 Å². The Kier molecular flexibility index (Phi) is 8.10. The van der Waals surface area contributed by atoms with Gasteiger partial charge in [-0.3, -0.25) is 0 Å². The summed E-state index contributed by atoms with van der Waals surface area (Å²) in [4.78, 5) is 0. The second-order valence-corrected chi connectivity index (χ2v) is 6.26. The van der Waals surface area contributed by atoms with E-state index >= 15 is 0 Å². The molecule has 1 N–H and O–H groups in total. The Morgan fingerprint density at radius 2 is 1.92 bits per heavy atom. The molecule has 1 aliphatic carbocycles. The van der Waals surface area contributed by atoms with Crippen molar-refractivity contribution in [3.05, 3.63) is 0 Å². The Labute approximate surface area is 147 Å². The number of hydrogen-bond donors (Lipinski definition) is 1. The molecule has 0 spiro atoms. The van der Waals surface area contributed by atoms with Crippen LogP contribution in [0.1, 0.15) is 54.4 Å². The largest absolute Gasteiger partial charge is 0.447 e. The normalized spacial score (nSPS) is 33.6. The van der Waals surface area contributed by atoms with Gasteiger partial charge in [0.15, 0.2) is 5.60 Å². The standard InChI is InChI=1S/C20H32O4/c1-7-13-19(21)18(23-9-3)16(5)11-14-20(19,24-10-4)17(6)12-15-22-8-2/h16-18,21H,8-11,14H2,1-6H3. The zero-order chi connectivity index (χ0) is 18.2. The summed E-state index contributed by atoms with van der Waals surface area (Å²) in [5.41, 5.74) is -2.31. The Morgan fingerprint density at radius 3 is 2.46 bits per heavy atom. The minimum atomic E-state index is -1.41. The molecule has 0 aromatic carbocycles. The highest BCUT2D eigenvalue weighted by Crippen LogP contribution is 2.48. The van der Waals surface area contributed by atoms with Crippen molar-refractivity contribution in [3.63, 3.8) is 0 Å². The summed E-state index contributed by atoms with van der Waals surface area (Å²) in [7, 11) is 0. The Hall–Kier alpha value is -1.20. The molecule has 5 atom stereocenters. The van der Waals surface area contributed by atoms with Crippen molar-refractivity contribution in [1.29, 1.82) is 0 Å². The molecule has 4 heteroatoms. The van der Waals surface area contributed by atoms with E-state index in [1.54, 1.807) is 6.92 Å². The molecule has 24 heavy (non-hydrogen) atoms. The van der Waals surface area contributed by atoms with E-state index in [1.807, 2.05) is 27.7 Å². The molecule has 0 heterocycles. The van der Waals surface area contributed by atoms with E-state index in [0.717, 1.165) is 6.42 Å². The van der Waals surface area contributed by atoms with Crippen LogP contribution < -0.4 is 0 Å². The maximum atomic E-state index is 11.7. The van der Waals surface area contributed by atoms with Crippen LogP contribution in [0.5, 0.6) is 0 Å². The van der Waals surface area contributed by atoms with Crippen molar-refractivity contribution in [2.75, 3.05) is 19.8 Å². The van der Waals surface area contributed by atoms with Crippen molar-refractivity contribution in [1.82, 2.24) is 0 Å². The first-order valence-electron chi connectivity index (χ1n) is 8.97. The second kappa shape index (κ2) is 9.33. The molecule has 1 saturated carbocycles. The lowest BCUT2D eigenvalue weighted by Gasteiger charge is -2.54. The molecule has 0 aromatic rings. The van der Waals surface area contributed by atoms with Crippen LogP contribution in [0.2, 0.25) is 0 Å². The topological polar surface area (TPSA) is 47.9 Å². The van der Waals surface area contributed by atoms with Gasteiger partial charge in [-0.15, -0.1) is 5.92 Å². The van der Waals surface area contributed by atoms with Gasteiger partial charge in [-0.25, -0.2) is 0 Å². The predicted molar refractivity (Wildman–Crippen MR) is 95.1 cm³/mol.